The molecule has 0 fully saturated rings. The Hall–Kier alpha value is -0.420. The number of thiocarbonyl (C=S) groups is 1. The largest absolute Gasteiger partial charge is 0.394 e. The van der Waals surface area contributed by atoms with Gasteiger partial charge in [-0.15, -0.1) is 11.8 Å². The Kier molecular flexibility index (Phi) is 5.11. The zero-order valence-corrected chi connectivity index (χ0v) is 9.22. The van der Waals surface area contributed by atoms with E-state index in [0.29, 0.717) is 5.75 Å². The molecule has 1 unspecified atom stereocenters. The van der Waals surface area contributed by atoms with Crippen molar-refractivity contribution in [1.29, 1.82) is 0 Å². The summed E-state index contributed by atoms with van der Waals surface area (Å²) in [6.45, 7) is -0.218. The fraction of sp³-hybridized carbons (Fsp3) is 0.300. The molecule has 0 saturated carbocycles. The molecule has 0 saturated heterocycles. The van der Waals surface area contributed by atoms with Gasteiger partial charge in [-0.1, -0.05) is 42.5 Å². The summed E-state index contributed by atoms with van der Waals surface area (Å²) in [5, 5.41) is 17.7. The Morgan fingerprint density at radius 3 is 2.57 bits per heavy atom. The molecule has 0 amide bonds. The number of thioether (sulfide) groups is 1. The van der Waals surface area contributed by atoms with E-state index < -0.39 is 6.10 Å². The van der Waals surface area contributed by atoms with Gasteiger partial charge < -0.3 is 10.2 Å². The normalized spacial score (nSPS) is 12.4. The zero-order chi connectivity index (χ0) is 10.4. The SMILES string of the molecule is OCC(O)CSC(=S)c1ccccc1. The maximum Gasteiger partial charge on any atom is 0.0864 e. The maximum absolute atomic E-state index is 9.12. The summed E-state index contributed by atoms with van der Waals surface area (Å²) in [7, 11) is 0. The van der Waals surface area contributed by atoms with E-state index in [1.165, 1.54) is 11.8 Å². The molecule has 0 radical (unpaired) electrons. The van der Waals surface area contributed by atoms with Crippen LogP contribution in [0.15, 0.2) is 30.3 Å². The molecule has 0 aromatic heterocycles. The van der Waals surface area contributed by atoms with Crippen LogP contribution in [0.3, 0.4) is 0 Å². The van der Waals surface area contributed by atoms with Gasteiger partial charge in [-0.2, -0.15) is 0 Å². The molecular formula is C10H12O2S2. The molecule has 1 atom stereocenters. The Balaban J connectivity index is 2.44. The van der Waals surface area contributed by atoms with Crippen molar-refractivity contribution in [2.24, 2.45) is 0 Å². The fourth-order valence-corrected chi connectivity index (χ4v) is 1.97. The van der Waals surface area contributed by atoms with E-state index >= 15 is 0 Å². The summed E-state index contributed by atoms with van der Waals surface area (Å²) in [5.74, 6) is 0.435. The smallest absolute Gasteiger partial charge is 0.0864 e. The lowest BCUT2D eigenvalue weighted by Gasteiger charge is -2.07. The highest BCUT2D eigenvalue weighted by atomic mass is 32.2. The minimum atomic E-state index is -0.693. The van der Waals surface area contributed by atoms with Crippen molar-refractivity contribution >= 4 is 28.2 Å². The summed E-state index contributed by atoms with van der Waals surface area (Å²) < 4.78 is 0.748. The molecule has 0 spiro atoms. The van der Waals surface area contributed by atoms with Crippen LogP contribution in [0.4, 0.5) is 0 Å². The second-order valence-corrected chi connectivity index (χ2v) is 4.50. The molecule has 0 bridgehead atoms. The van der Waals surface area contributed by atoms with Crippen molar-refractivity contribution in [2.75, 3.05) is 12.4 Å². The molecule has 2 nitrogen and oxygen atoms in total. The van der Waals surface area contributed by atoms with Crippen LogP contribution in [0.25, 0.3) is 0 Å². The van der Waals surface area contributed by atoms with Crippen LogP contribution in [0.2, 0.25) is 0 Å². The summed E-state index contributed by atoms with van der Waals surface area (Å²) in [6, 6.07) is 9.63. The molecule has 0 aliphatic carbocycles. The lowest BCUT2D eigenvalue weighted by Crippen LogP contribution is -2.15. The van der Waals surface area contributed by atoms with Crippen molar-refractivity contribution in [3.8, 4) is 0 Å². The maximum atomic E-state index is 9.12. The average molecular weight is 228 g/mol. The summed E-state index contributed by atoms with van der Waals surface area (Å²) in [4.78, 5) is 0. The number of aliphatic hydroxyl groups is 2. The van der Waals surface area contributed by atoms with Crippen LogP contribution in [0.5, 0.6) is 0 Å². The quantitative estimate of drug-likeness (QED) is 0.765. The molecule has 1 aromatic rings. The highest BCUT2D eigenvalue weighted by molar-refractivity contribution is 8.23. The van der Waals surface area contributed by atoms with Crippen LogP contribution in [-0.4, -0.2) is 32.9 Å². The molecule has 14 heavy (non-hydrogen) atoms. The van der Waals surface area contributed by atoms with Gasteiger partial charge in [0, 0.05) is 5.75 Å². The third kappa shape index (κ3) is 3.75. The van der Waals surface area contributed by atoms with E-state index in [1.807, 2.05) is 30.3 Å². The van der Waals surface area contributed by atoms with Crippen molar-refractivity contribution < 1.29 is 10.2 Å². The lowest BCUT2D eigenvalue weighted by molar-refractivity contribution is 0.114. The fourth-order valence-electron chi connectivity index (χ4n) is 0.882. The van der Waals surface area contributed by atoms with E-state index in [2.05, 4.69) is 0 Å². The van der Waals surface area contributed by atoms with Crippen LogP contribution in [-0.2, 0) is 0 Å². The third-order valence-electron chi connectivity index (χ3n) is 1.63. The molecule has 0 heterocycles. The van der Waals surface area contributed by atoms with Crippen LogP contribution < -0.4 is 0 Å². The minimum absolute atomic E-state index is 0.218. The summed E-state index contributed by atoms with van der Waals surface area (Å²) in [5.41, 5.74) is 0.984. The van der Waals surface area contributed by atoms with E-state index in [9.17, 15) is 0 Å². The highest BCUT2D eigenvalue weighted by Gasteiger charge is 2.06. The molecule has 76 valence electrons. The van der Waals surface area contributed by atoms with Gasteiger partial charge in [0.2, 0.25) is 0 Å². The topological polar surface area (TPSA) is 40.5 Å². The van der Waals surface area contributed by atoms with Gasteiger partial charge in [0.15, 0.2) is 0 Å². The predicted octanol–water partition coefficient (Wildman–Crippen LogP) is 1.45. The van der Waals surface area contributed by atoms with Crippen molar-refractivity contribution in [3.63, 3.8) is 0 Å². The number of hydrogen-bond donors (Lipinski definition) is 2. The van der Waals surface area contributed by atoms with Gasteiger partial charge in [-0.05, 0) is 5.56 Å². The second-order valence-electron chi connectivity index (χ2n) is 2.80. The molecular weight excluding hydrogens is 216 g/mol. The van der Waals surface area contributed by atoms with Crippen LogP contribution in [0, 0.1) is 0 Å². The first-order chi connectivity index (χ1) is 6.74. The number of rotatable bonds is 4. The second kappa shape index (κ2) is 6.14. The Morgan fingerprint density at radius 1 is 1.36 bits per heavy atom. The highest BCUT2D eigenvalue weighted by Crippen LogP contribution is 2.14. The van der Waals surface area contributed by atoms with E-state index in [4.69, 9.17) is 22.4 Å². The van der Waals surface area contributed by atoms with Crippen molar-refractivity contribution in [3.05, 3.63) is 35.9 Å². The standard InChI is InChI=1S/C10H12O2S2/c11-6-9(12)7-14-10(13)8-4-2-1-3-5-8/h1-5,9,11-12H,6-7H2. The Bertz CT molecular complexity index is 287. The third-order valence-corrected chi connectivity index (χ3v) is 3.27. The lowest BCUT2D eigenvalue weighted by atomic mass is 10.2. The molecule has 1 aromatic carbocycles. The molecule has 4 heteroatoms. The zero-order valence-electron chi connectivity index (χ0n) is 7.59. The van der Waals surface area contributed by atoms with Gasteiger partial charge in [0.05, 0.1) is 16.9 Å². The predicted molar refractivity (Wildman–Crippen MR) is 63.7 cm³/mol. The van der Waals surface area contributed by atoms with Gasteiger partial charge in [0.25, 0.3) is 0 Å². The number of aliphatic hydroxyl groups excluding tert-OH is 2. The summed E-state index contributed by atoms with van der Waals surface area (Å²) in [6.07, 6.45) is -0.693. The molecule has 0 aliphatic rings. The van der Waals surface area contributed by atoms with E-state index in [-0.39, 0.29) is 6.61 Å². The van der Waals surface area contributed by atoms with Gasteiger partial charge >= 0.3 is 0 Å². The van der Waals surface area contributed by atoms with Gasteiger partial charge in [-0.3, -0.25) is 0 Å². The Labute approximate surface area is 93.0 Å². The Morgan fingerprint density at radius 2 is 2.00 bits per heavy atom. The molecule has 1 rings (SSSR count). The van der Waals surface area contributed by atoms with Crippen molar-refractivity contribution in [2.45, 2.75) is 6.10 Å². The average Bonchev–Trinajstić information content (AvgIpc) is 2.26. The first-order valence-electron chi connectivity index (χ1n) is 4.25. The van der Waals surface area contributed by atoms with E-state index in [1.54, 1.807) is 0 Å². The summed E-state index contributed by atoms with van der Waals surface area (Å²) >= 11 is 6.54. The number of hydrogen-bond acceptors (Lipinski definition) is 4. The van der Waals surface area contributed by atoms with E-state index in [0.717, 1.165) is 9.76 Å². The first-order valence-corrected chi connectivity index (χ1v) is 5.64. The molecule has 2 N–H and O–H groups in total. The molecule has 0 aliphatic heterocycles. The first kappa shape index (κ1) is 11.7. The minimum Gasteiger partial charge on any atom is -0.394 e. The monoisotopic (exact) mass is 228 g/mol. The van der Waals surface area contributed by atoms with Crippen LogP contribution in [0.1, 0.15) is 5.56 Å². The van der Waals surface area contributed by atoms with Crippen LogP contribution >= 0.6 is 24.0 Å². The van der Waals surface area contributed by atoms with Gasteiger partial charge in [0.1, 0.15) is 0 Å². The van der Waals surface area contributed by atoms with Gasteiger partial charge in [-0.25, -0.2) is 0 Å². The van der Waals surface area contributed by atoms with Crippen molar-refractivity contribution in [1.82, 2.24) is 0 Å². The number of benzene rings is 1.